The van der Waals surface area contributed by atoms with Crippen LogP contribution in [-0.4, -0.2) is 52.0 Å². The van der Waals surface area contributed by atoms with Gasteiger partial charge in [-0.15, -0.1) is 0 Å². The van der Waals surface area contributed by atoms with Crippen molar-refractivity contribution in [1.82, 2.24) is 9.62 Å². The van der Waals surface area contributed by atoms with Gasteiger partial charge < -0.3 is 10.1 Å². The number of carbonyl (C=O) groups excluding carboxylic acids is 1. The molecule has 2 heterocycles. The molecule has 0 bridgehead atoms. The summed E-state index contributed by atoms with van der Waals surface area (Å²) >= 11 is 0. The van der Waals surface area contributed by atoms with E-state index in [0.29, 0.717) is 30.5 Å². The van der Waals surface area contributed by atoms with Gasteiger partial charge >= 0.3 is 5.97 Å². The fourth-order valence-corrected chi connectivity index (χ4v) is 5.07. The van der Waals surface area contributed by atoms with Gasteiger partial charge in [-0.25, -0.2) is 13.2 Å². The number of aryl methyl sites for hydroxylation is 1. The predicted octanol–water partition coefficient (Wildman–Crippen LogP) is 0.622. The molecule has 2 atom stereocenters. The van der Waals surface area contributed by atoms with Crippen LogP contribution < -0.4 is 5.32 Å². The number of nitrogens with zero attached hydrogens (tertiary/aromatic N) is 1. The van der Waals surface area contributed by atoms with Crippen molar-refractivity contribution in [1.29, 1.82) is 0 Å². The molecule has 1 N–H and O–H groups in total. The Balaban J connectivity index is 1.93. The van der Waals surface area contributed by atoms with E-state index in [1.54, 1.807) is 23.4 Å². The Morgan fingerprint density at radius 3 is 2.50 bits per heavy atom. The van der Waals surface area contributed by atoms with Gasteiger partial charge in [0.2, 0.25) is 10.0 Å². The Bertz CT molecular complexity index is 689. The largest absolute Gasteiger partial charge is 0.465 e. The van der Waals surface area contributed by atoms with E-state index >= 15 is 0 Å². The summed E-state index contributed by atoms with van der Waals surface area (Å²) < 4.78 is 32.0. The van der Waals surface area contributed by atoms with Crippen LogP contribution in [0, 0.1) is 18.8 Å². The molecule has 0 radical (unpaired) electrons. The lowest BCUT2D eigenvalue weighted by atomic mass is 10.0. The summed E-state index contributed by atoms with van der Waals surface area (Å²) in [6.45, 7) is 4.58. The number of methoxy groups -OCH3 is 1. The average molecular weight is 324 g/mol. The molecular formula is C15H20N2O4S. The maximum atomic E-state index is 12.9. The first-order chi connectivity index (χ1) is 10.4. The zero-order valence-corrected chi connectivity index (χ0v) is 13.5. The summed E-state index contributed by atoms with van der Waals surface area (Å²) in [6, 6.07) is 4.66. The molecule has 0 aliphatic carbocycles. The number of carbonyl (C=O) groups is 1. The molecule has 2 aliphatic rings. The fraction of sp³-hybridized carbons (Fsp3) is 0.533. The van der Waals surface area contributed by atoms with Gasteiger partial charge in [-0.1, -0.05) is 6.07 Å². The van der Waals surface area contributed by atoms with Crippen LogP contribution in [0.15, 0.2) is 23.1 Å². The van der Waals surface area contributed by atoms with Crippen molar-refractivity contribution in [3.05, 3.63) is 29.3 Å². The second-order valence-corrected chi connectivity index (χ2v) is 7.88. The molecule has 0 unspecified atom stereocenters. The van der Waals surface area contributed by atoms with Gasteiger partial charge in [0.15, 0.2) is 0 Å². The number of fused-ring (bicyclic) bond motifs is 1. The quantitative estimate of drug-likeness (QED) is 0.825. The van der Waals surface area contributed by atoms with Crippen molar-refractivity contribution < 1.29 is 17.9 Å². The van der Waals surface area contributed by atoms with E-state index in [0.717, 1.165) is 13.1 Å². The monoisotopic (exact) mass is 324 g/mol. The lowest BCUT2D eigenvalue weighted by Crippen LogP contribution is -2.32. The minimum Gasteiger partial charge on any atom is -0.465 e. The smallest absolute Gasteiger partial charge is 0.337 e. The van der Waals surface area contributed by atoms with E-state index < -0.39 is 16.0 Å². The van der Waals surface area contributed by atoms with Crippen molar-refractivity contribution in [2.24, 2.45) is 11.8 Å². The van der Waals surface area contributed by atoms with Gasteiger partial charge in [0.05, 0.1) is 17.6 Å². The van der Waals surface area contributed by atoms with E-state index in [2.05, 4.69) is 10.1 Å². The first-order valence-corrected chi connectivity index (χ1v) is 8.77. The predicted molar refractivity (Wildman–Crippen MR) is 81.1 cm³/mol. The molecule has 120 valence electrons. The first kappa shape index (κ1) is 15.5. The van der Waals surface area contributed by atoms with Gasteiger partial charge in [0, 0.05) is 13.1 Å². The van der Waals surface area contributed by atoms with Crippen LogP contribution >= 0.6 is 0 Å². The summed E-state index contributed by atoms with van der Waals surface area (Å²) in [7, 11) is -2.30. The van der Waals surface area contributed by atoms with Crippen LogP contribution in [0.3, 0.4) is 0 Å². The second-order valence-electron chi connectivity index (χ2n) is 5.97. The maximum absolute atomic E-state index is 12.9. The number of ether oxygens (including phenoxy) is 1. The van der Waals surface area contributed by atoms with Crippen molar-refractivity contribution in [3.63, 3.8) is 0 Å². The number of benzene rings is 1. The Hall–Kier alpha value is -1.44. The van der Waals surface area contributed by atoms with Gasteiger partial charge in [-0.2, -0.15) is 4.31 Å². The van der Waals surface area contributed by atoms with Gasteiger partial charge in [-0.05, 0) is 49.5 Å². The zero-order chi connectivity index (χ0) is 15.9. The Labute approximate surface area is 130 Å². The van der Waals surface area contributed by atoms with Gasteiger partial charge in [-0.3, -0.25) is 0 Å². The molecule has 0 amide bonds. The highest BCUT2D eigenvalue weighted by atomic mass is 32.2. The third kappa shape index (κ3) is 2.53. The molecule has 22 heavy (non-hydrogen) atoms. The zero-order valence-electron chi connectivity index (χ0n) is 12.7. The molecule has 3 rings (SSSR count). The molecule has 2 saturated heterocycles. The summed E-state index contributed by atoms with van der Waals surface area (Å²) in [4.78, 5) is 11.8. The third-order valence-corrected chi connectivity index (χ3v) is 6.56. The summed E-state index contributed by atoms with van der Waals surface area (Å²) in [5, 5.41) is 3.30. The molecule has 0 spiro atoms. The second kappa shape index (κ2) is 5.64. The molecule has 2 aliphatic heterocycles. The van der Waals surface area contributed by atoms with E-state index in [9.17, 15) is 13.2 Å². The molecule has 7 heteroatoms. The molecule has 2 fully saturated rings. The lowest BCUT2D eigenvalue weighted by molar-refractivity contribution is 0.0600. The van der Waals surface area contributed by atoms with Gasteiger partial charge in [0.25, 0.3) is 0 Å². The van der Waals surface area contributed by atoms with E-state index in [1.807, 2.05) is 0 Å². The van der Waals surface area contributed by atoms with E-state index in [-0.39, 0.29) is 10.5 Å². The van der Waals surface area contributed by atoms with Crippen molar-refractivity contribution in [3.8, 4) is 0 Å². The maximum Gasteiger partial charge on any atom is 0.337 e. The summed E-state index contributed by atoms with van der Waals surface area (Å²) in [6.07, 6.45) is 0. The van der Waals surface area contributed by atoms with Crippen molar-refractivity contribution in [2.75, 3.05) is 33.3 Å². The van der Waals surface area contributed by atoms with Crippen LogP contribution in [0.2, 0.25) is 0 Å². The minimum atomic E-state index is -3.58. The number of hydrogen-bond acceptors (Lipinski definition) is 5. The lowest BCUT2D eigenvalue weighted by Gasteiger charge is -2.19. The highest BCUT2D eigenvalue weighted by molar-refractivity contribution is 7.89. The minimum absolute atomic E-state index is 0.198. The molecule has 0 aromatic heterocycles. The topological polar surface area (TPSA) is 75.7 Å². The SMILES string of the molecule is COC(=O)c1ccc(C)c(S(=O)(=O)N2C[C@H]3CNC[C@H]3C2)c1. The van der Waals surface area contributed by atoms with Crippen LogP contribution in [0.5, 0.6) is 0 Å². The Morgan fingerprint density at radius 1 is 1.27 bits per heavy atom. The van der Waals surface area contributed by atoms with Crippen LogP contribution in [0.4, 0.5) is 0 Å². The summed E-state index contributed by atoms with van der Waals surface area (Å²) in [5.74, 6) is 0.247. The molecular weight excluding hydrogens is 304 g/mol. The molecule has 1 aromatic rings. The summed E-state index contributed by atoms with van der Waals surface area (Å²) in [5.41, 5.74) is 0.899. The highest BCUT2D eigenvalue weighted by Crippen LogP contribution is 2.32. The number of rotatable bonds is 3. The fourth-order valence-electron chi connectivity index (χ4n) is 3.27. The standard InChI is InChI=1S/C15H20N2O4S/c1-10-3-4-11(15(18)21-2)5-14(10)22(19,20)17-8-12-6-16-7-13(12)9-17/h3-5,12-13,16H,6-9H2,1-2H3/t12-,13+. The first-order valence-electron chi connectivity index (χ1n) is 7.33. The number of esters is 1. The molecule has 1 aromatic carbocycles. The van der Waals surface area contributed by atoms with Crippen molar-refractivity contribution >= 4 is 16.0 Å². The Kier molecular flexibility index (Phi) is 3.96. The molecule has 6 nitrogen and oxygen atoms in total. The van der Waals surface area contributed by atoms with Crippen molar-refractivity contribution in [2.45, 2.75) is 11.8 Å². The third-order valence-electron chi connectivity index (χ3n) is 4.58. The number of sulfonamides is 1. The van der Waals surface area contributed by atoms with E-state index in [1.165, 1.54) is 13.2 Å². The van der Waals surface area contributed by atoms with Crippen LogP contribution in [-0.2, 0) is 14.8 Å². The number of nitrogens with one attached hydrogen (secondary N) is 1. The Morgan fingerprint density at radius 2 is 1.91 bits per heavy atom. The molecule has 0 saturated carbocycles. The van der Waals surface area contributed by atoms with Gasteiger partial charge in [0.1, 0.15) is 0 Å². The van der Waals surface area contributed by atoms with Crippen LogP contribution in [0.25, 0.3) is 0 Å². The van der Waals surface area contributed by atoms with Crippen LogP contribution in [0.1, 0.15) is 15.9 Å². The average Bonchev–Trinajstić information content (AvgIpc) is 3.08. The number of hydrogen-bond donors (Lipinski definition) is 1. The highest BCUT2D eigenvalue weighted by Gasteiger charge is 2.41. The normalized spacial score (nSPS) is 25.2. The van der Waals surface area contributed by atoms with E-state index in [4.69, 9.17) is 0 Å².